The van der Waals surface area contributed by atoms with E-state index in [2.05, 4.69) is 10.3 Å². The van der Waals surface area contributed by atoms with Crippen molar-refractivity contribution in [1.82, 2.24) is 9.55 Å². The molecular formula is C16H11N5O3. The molecule has 0 aliphatic carbocycles. The Balaban J connectivity index is 1.91. The second-order valence-electron chi connectivity index (χ2n) is 5.14. The van der Waals surface area contributed by atoms with E-state index in [1.165, 1.54) is 10.6 Å². The van der Waals surface area contributed by atoms with Gasteiger partial charge >= 0.3 is 0 Å². The van der Waals surface area contributed by atoms with Crippen LogP contribution < -0.4 is 10.1 Å². The van der Waals surface area contributed by atoms with E-state index in [1.54, 1.807) is 19.1 Å². The van der Waals surface area contributed by atoms with Crippen LogP contribution in [-0.2, 0) is 11.3 Å². The molecule has 118 valence electrons. The predicted molar refractivity (Wildman–Crippen MR) is 81.3 cm³/mol. The number of aryl methyl sites for hydroxylation is 1. The minimum absolute atomic E-state index is 0.00564. The summed E-state index contributed by atoms with van der Waals surface area (Å²) in [6.07, 6.45) is 0. The van der Waals surface area contributed by atoms with Crippen molar-refractivity contribution in [3.8, 4) is 17.9 Å². The van der Waals surface area contributed by atoms with E-state index in [9.17, 15) is 14.9 Å². The molecule has 2 heterocycles. The molecule has 0 bridgehead atoms. The average molecular weight is 321 g/mol. The fraction of sp³-hybridized carbons (Fsp3) is 0.188. The van der Waals surface area contributed by atoms with Crippen molar-refractivity contribution in [3.63, 3.8) is 0 Å². The van der Waals surface area contributed by atoms with Crippen LogP contribution in [-0.4, -0.2) is 27.8 Å². The molecule has 1 amide bonds. The third-order valence-corrected chi connectivity index (χ3v) is 3.61. The molecule has 24 heavy (non-hydrogen) atoms. The van der Waals surface area contributed by atoms with Gasteiger partial charge in [-0.15, -0.1) is 0 Å². The summed E-state index contributed by atoms with van der Waals surface area (Å²) >= 11 is 0. The van der Waals surface area contributed by atoms with Gasteiger partial charge in [0.15, 0.2) is 23.8 Å². The van der Waals surface area contributed by atoms with Gasteiger partial charge in [0.25, 0.3) is 5.91 Å². The van der Waals surface area contributed by atoms with Gasteiger partial charge in [-0.1, -0.05) is 0 Å². The van der Waals surface area contributed by atoms with Crippen molar-refractivity contribution >= 4 is 17.4 Å². The Morgan fingerprint density at radius 3 is 2.92 bits per heavy atom. The summed E-state index contributed by atoms with van der Waals surface area (Å²) in [6, 6.07) is 8.45. The Labute approximate surface area is 136 Å². The zero-order valence-corrected chi connectivity index (χ0v) is 12.7. The molecule has 0 fully saturated rings. The molecular weight excluding hydrogens is 310 g/mol. The number of hydrogen-bond acceptors (Lipinski definition) is 6. The third-order valence-electron chi connectivity index (χ3n) is 3.61. The molecule has 1 aliphatic rings. The van der Waals surface area contributed by atoms with Gasteiger partial charge in [-0.05, 0) is 25.1 Å². The number of ether oxygens (including phenoxy) is 1. The molecule has 8 heteroatoms. The summed E-state index contributed by atoms with van der Waals surface area (Å²) in [5, 5.41) is 20.8. The smallest absolute Gasteiger partial charge is 0.262 e. The number of nitriles is 2. The zero-order valence-electron chi connectivity index (χ0n) is 12.7. The first-order valence-electron chi connectivity index (χ1n) is 7.00. The van der Waals surface area contributed by atoms with E-state index in [4.69, 9.17) is 10.00 Å². The number of nitrogens with one attached hydrogen (secondary N) is 1. The molecule has 0 atom stereocenters. The number of ketones is 1. The van der Waals surface area contributed by atoms with E-state index in [1.807, 2.05) is 12.1 Å². The van der Waals surface area contributed by atoms with E-state index in [0.717, 1.165) is 0 Å². The first-order valence-corrected chi connectivity index (χ1v) is 7.00. The lowest BCUT2D eigenvalue weighted by Gasteiger charge is -2.18. The van der Waals surface area contributed by atoms with Crippen LogP contribution in [0.1, 0.15) is 27.6 Å². The number of amides is 1. The van der Waals surface area contributed by atoms with Crippen LogP contribution in [0.4, 0.5) is 5.69 Å². The number of anilines is 1. The maximum atomic E-state index is 12.5. The number of fused-ring (bicyclic) bond motifs is 1. The van der Waals surface area contributed by atoms with Crippen LogP contribution in [0.2, 0.25) is 0 Å². The summed E-state index contributed by atoms with van der Waals surface area (Å²) in [7, 11) is 0. The lowest BCUT2D eigenvalue weighted by molar-refractivity contribution is -0.118. The van der Waals surface area contributed by atoms with Crippen molar-refractivity contribution in [1.29, 1.82) is 10.5 Å². The Hall–Kier alpha value is -3.65. The zero-order chi connectivity index (χ0) is 17.3. The van der Waals surface area contributed by atoms with Gasteiger partial charge in [-0.25, -0.2) is 4.98 Å². The van der Waals surface area contributed by atoms with Gasteiger partial charge in [-0.3, -0.25) is 9.59 Å². The molecule has 0 saturated heterocycles. The summed E-state index contributed by atoms with van der Waals surface area (Å²) in [4.78, 5) is 27.8. The number of Topliss-reactive ketones (excluding diaryl/α,β-unsaturated/α-hetero) is 1. The summed E-state index contributed by atoms with van der Waals surface area (Å²) in [5.41, 5.74) is 0.833. The van der Waals surface area contributed by atoms with Crippen molar-refractivity contribution in [2.24, 2.45) is 0 Å². The normalized spacial score (nSPS) is 12.4. The van der Waals surface area contributed by atoms with Crippen molar-refractivity contribution in [3.05, 3.63) is 41.0 Å². The quantitative estimate of drug-likeness (QED) is 0.846. The van der Waals surface area contributed by atoms with Crippen LogP contribution in [0.15, 0.2) is 18.2 Å². The van der Waals surface area contributed by atoms with Crippen LogP contribution in [0.5, 0.6) is 5.75 Å². The molecule has 0 saturated carbocycles. The number of hydrogen-bond donors (Lipinski definition) is 1. The molecule has 1 aromatic carbocycles. The number of imidazole rings is 1. The summed E-state index contributed by atoms with van der Waals surface area (Å²) in [5.74, 6) is 0.336. The van der Waals surface area contributed by atoms with E-state index in [0.29, 0.717) is 22.8 Å². The Morgan fingerprint density at radius 2 is 2.21 bits per heavy atom. The molecule has 3 rings (SSSR count). The standard InChI is InChI=1S/C16H11N5O3/c1-9-19-12(5-17)13(6-18)21(9)7-14(22)10-2-3-15-11(4-10)20-16(23)8-24-15/h2-4H,7-8H2,1H3,(H,20,23). The van der Waals surface area contributed by atoms with Crippen molar-refractivity contribution in [2.75, 3.05) is 11.9 Å². The Bertz CT molecular complexity index is 946. The molecule has 0 spiro atoms. The molecule has 0 unspecified atom stereocenters. The fourth-order valence-electron chi connectivity index (χ4n) is 2.44. The molecule has 2 aromatic rings. The van der Waals surface area contributed by atoms with Crippen LogP contribution in [0, 0.1) is 29.6 Å². The van der Waals surface area contributed by atoms with E-state index >= 15 is 0 Å². The average Bonchev–Trinajstić information content (AvgIpc) is 2.89. The molecule has 1 aromatic heterocycles. The van der Waals surface area contributed by atoms with Crippen LogP contribution in [0.25, 0.3) is 0 Å². The number of nitrogens with zero attached hydrogens (tertiary/aromatic N) is 4. The van der Waals surface area contributed by atoms with Crippen molar-refractivity contribution in [2.45, 2.75) is 13.5 Å². The highest BCUT2D eigenvalue weighted by Gasteiger charge is 2.20. The van der Waals surface area contributed by atoms with Gasteiger partial charge in [0.05, 0.1) is 12.2 Å². The summed E-state index contributed by atoms with van der Waals surface area (Å²) in [6.45, 7) is 1.43. The van der Waals surface area contributed by atoms with Gasteiger partial charge in [-0.2, -0.15) is 10.5 Å². The highest BCUT2D eigenvalue weighted by molar-refractivity contribution is 6.00. The molecule has 1 aliphatic heterocycles. The van der Waals surface area contributed by atoms with E-state index in [-0.39, 0.29) is 36.2 Å². The maximum Gasteiger partial charge on any atom is 0.262 e. The number of carbonyl (C=O) groups is 2. The number of aromatic nitrogens is 2. The first-order chi connectivity index (χ1) is 11.5. The minimum atomic E-state index is -0.289. The second-order valence-corrected chi connectivity index (χ2v) is 5.14. The van der Waals surface area contributed by atoms with Crippen LogP contribution >= 0.6 is 0 Å². The second kappa shape index (κ2) is 5.86. The topological polar surface area (TPSA) is 121 Å². The SMILES string of the molecule is Cc1nc(C#N)c(C#N)n1CC(=O)c1ccc2c(c1)NC(=O)CO2. The number of carbonyl (C=O) groups excluding carboxylic acids is 2. The minimum Gasteiger partial charge on any atom is -0.482 e. The highest BCUT2D eigenvalue weighted by atomic mass is 16.5. The Kier molecular flexibility index (Phi) is 3.72. The van der Waals surface area contributed by atoms with Gasteiger partial charge in [0.2, 0.25) is 0 Å². The van der Waals surface area contributed by atoms with Crippen molar-refractivity contribution < 1.29 is 14.3 Å². The van der Waals surface area contributed by atoms with E-state index < -0.39 is 0 Å². The lowest BCUT2D eigenvalue weighted by Crippen LogP contribution is -2.25. The fourth-order valence-corrected chi connectivity index (χ4v) is 2.44. The van der Waals surface area contributed by atoms with Gasteiger partial charge in [0.1, 0.15) is 23.7 Å². The van der Waals surface area contributed by atoms with Gasteiger partial charge in [0, 0.05) is 5.56 Å². The molecule has 1 N–H and O–H groups in total. The first kappa shape index (κ1) is 15.3. The highest BCUT2D eigenvalue weighted by Crippen LogP contribution is 2.28. The third kappa shape index (κ3) is 2.57. The predicted octanol–water partition coefficient (Wildman–Crippen LogP) is 1.15. The molecule has 8 nitrogen and oxygen atoms in total. The molecule has 0 radical (unpaired) electrons. The number of benzene rings is 1. The van der Waals surface area contributed by atoms with Gasteiger partial charge < -0.3 is 14.6 Å². The Morgan fingerprint density at radius 1 is 1.42 bits per heavy atom. The van der Waals surface area contributed by atoms with Crippen LogP contribution in [0.3, 0.4) is 0 Å². The largest absolute Gasteiger partial charge is 0.482 e. The maximum absolute atomic E-state index is 12.5. The monoisotopic (exact) mass is 321 g/mol. The number of rotatable bonds is 3. The lowest BCUT2D eigenvalue weighted by atomic mass is 10.1. The summed E-state index contributed by atoms with van der Waals surface area (Å²) < 4.78 is 6.64.